The van der Waals surface area contributed by atoms with Gasteiger partial charge in [0.15, 0.2) is 0 Å². The van der Waals surface area contributed by atoms with Crippen LogP contribution in [0.3, 0.4) is 0 Å². The lowest BCUT2D eigenvalue weighted by Gasteiger charge is -2.28. The monoisotopic (exact) mass is 543 g/mol. The maximum atomic E-state index is 13.4. The minimum absolute atomic E-state index is 0.0736. The van der Waals surface area contributed by atoms with E-state index >= 15 is 0 Å². The van der Waals surface area contributed by atoms with Gasteiger partial charge in [-0.15, -0.1) is 0 Å². The number of benzene rings is 2. The van der Waals surface area contributed by atoms with Gasteiger partial charge >= 0.3 is 6.09 Å². The van der Waals surface area contributed by atoms with Crippen LogP contribution in [-0.4, -0.2) is 65.6 Å². The van der Waals surface area contributed by atoms with Crippen molar-refractivity contribution in [2.75, 3.05) is 13.7 Å². The van der Waals surface area contributed by atoms with Gasteiger partial charge in [-0.1, -0.05) is 38.1 Å². The Morgan fingerprint density at radius 3 is 1.92 bits per heavy atom. The van der Waals surface area contributed by atoms with E-state index in [4.69, 9.17) is 9.47 Å². The van der Waals surface area contributed by atoms with Crippen molar-refractivity contribution >= 4 is 17.9 Å². The number of aliphatic hydroxyl groups is 1. The lowest BCUT2D eigenvalue weighted by atomic mass is 10.00. The Hall–Kier alpha value is -3.79. The van der Waals surface area contributed by atoms with Crippen molar-refractivity contribution in [1.29, 1.82) is 0 Å². The zero-order valence-corrected chi connectivity index (χ0v) is 23.5. The van der Waals surface area contributed by atoms with Gasteiger partial charge in [0.05, 0.1) is 19.8 Å². The molecule has 2 aromatic rings. The van der Waals surface area contributed by atoms with Crippen LogP contribution in [0.15, 0.2) is 48.5 Å². The van der Waals surface area contributed by atoms with Crippen LogP contribution < -0.4 is 20.7 Å². The van der Waals surface area contributed by atoms with E-state index in [0.29, 0.717) is 17.7 Å². The molecular formula is C29H41N3O7. The summed E-state index contributed by atoms with van der Waals surface area (Å²) >= 11 is 0. The summed E-state index contributed by atoms with van der Waals surface area (Å²) in [6, 6.07) is 11.0. The largest absolute Gasteiger partial charge is 0.508 e. The number of rotatable bonds is 12. The maximum Gasteiger partial charge on any atom is 0.408 e. The summed E-state index contributed by atoms with van der Waals surface area (Å²) in [5.41, 5.74) is 0.818. The van der Waals surface area contributed by atoms with Crippen molar-refractivity contribution in [1.82, 2.24) is 16.0 Å². The van der Waals surface area contributed by atoms with Crippen LogP contribution in [0.2, 0.25) is 0 Å². The summed E-state index contributed by atoms with van der Waals surface area (Å²) in [5, 5.41) is 27.7. The summed E-state index contributed by atoms with van der Waals surface area (Å²) in [7, 11) is 1.57. The molecule has 0 bridgehead atoms. The molecule has 0 saturated heterocycles. The van der Waals surface area contributed by atoms with Crippen LogP contribution in [0.5, 0.6) is 11.5 Å². The van der Waals surface area contributed by atoms with Gasteiger partial charge in [-0.25, -0.2) is 4.79 Å². The van der Waals surface area contributed by atoms with Crippen molar-refractivity contribution in [3.63, 3.8) is 0 Å². The van der Waals surface area contributed by atoms with Crippen LogP contribution in [-0.2, 0) is 27.2 Å². The number of carbonyl (C=O) groups is 3. The third-order valence-electron chi connectivity index (χ3n) is 5.84. The van der Waals surface area contributed by atoms with E-state index in [9.17, 15) is 24.6 Å². The number of alkyl carbamates (subject to hydrolysis) is 1. The Balaban J connectivity index is 2.15. The predicted octanol–water partition coefficient (Wildman–Crippen LogP) is 2.70. The highest BCUT2D eigenvalue weighted by molar-refractivity contribution is 5.91. The molecule has 3 amide bonds. The standard InChI is InChI=1S/C29H41N3O7/c1-18(2)25(27(36)30-21(17-33)15-19-9-13-23(38-6)14-10-19)32-26(35)24(31-28(37)39-29(3,4)5)16-20-7-11-22(34)12-8-20/h7-14,18,21,24-25,33-34H,15-17H2,1-6H3,(H,30,36)(H,31,37)(H,32,35)/t21-,24-,25-/m0/s1. The minimum Gasteiger partial charge on any atom is -0.508 e. The maximum absolute atomic E-state index is 13.4. The summed E-state index contributed by atoms with van der Waals surface area (Å²) < 4.78 is 10.5. The molecule has 10 heteroatoms. The van der Waals surface area contributed by atoms with Crippen molar-refractivity contribution in [2.45, 2.75) is 71.2 Å². The number of ether oxygens (including phenoxy) is 2. The summed E-state index contributed by atoms with van der Waals surface area (Å²) in [6.45, 7) is 8.43. The molecule has 39 heavy (non-hydrogen) atoms. The smallest absolute Gasteiger partial charge is 0.408 e. The Labute approximate surface area is 230 Å². The Morgan fingerprint density at radius 1 is 0.846 bits per heavy atom. The number of hydrogen-bond donors (Lipinski definition) is 5. The molecule has 5 N–H and O–H groups in total. The first-order valence-corrected chi connectivity index (χ1v) is 12.9. The topological polar surface area (TPSA) is 146 Å². The van der Waals surface area contributed by atoms with E-state index in [1.807, 2.05) is 12.1 Å². The highest BCUT2D eigenvalue weighted by Gasteiger charge is 2.31. The molecule has 0 spiro atoms. The molecular weight excluding hydrogens is 502 g/mol. The van der Waals surface area contributed by atoms with Gasteiger partial charge in [-0.3, -0.25) is 9.59 Å². The van der Waals surface area contributed by atoms with Crippen LogP contribution in [0.4, 0.5) is 4.79 Å². The quantitative estimate of drug-likeness (QED) is 0.277. The van der Waals surface area contributed by atoms with Crippen LogP contribution >= 0.6 is 0 Å². The van der Waals surface area contributed by atoms with Gasteiger partial charge in [0.1, 0.15) is 29.2 Å². The predicted molar refractivity (Wildman–Crippen MR) is 147 cm³/mol. The molecule has 214 valence electrons. The lowest BCUT2D eigenvalue weighted by Crippen LogP contribution is -2.57. The highest BCUT2D eigenvalue weighted by atomic mass is 16.6. The van der Waals surface area contributed by atoms with Crippen molar-refractivity contribution < 1.29 is 34.1 Å². The molecule has 2 aromatic carbocycles. The van der Waals surface area contributed by atoms with Crippen LogP contribution in [0.1, 0.15) is 45.7 Å². The third kappa shape index (κ3) is 10.8. The average molecular weight is 544 g/mol. The first-order valence-electron chi connectivity index (χ1n) is 12.9. The van der Waals surface area contributed by atoms with Gasteiger partial charge in [0.25, 0.3) is 0 Å². The van der Waals surface area contributed by atoms with E-state index in [-0.39, 0.29) is 24.7 Å². The molecule has 0 saturated carbocycles. The van der Waals surface area contributed by atoms with Gasteiger partial charge < -0.3 is 35.6 Å². The number of methoxy groups -OCH3 is 1. The van der Waals surface area contributed by atoms with Gasteiger partial charge in [0, 0.05) is 6.42 Å². The minimum atomic E-state index is -1.05. The molecule has 10 nitrogen and oxygen atoms in total. The van der Waals surface area contributed by atoms with Crippen LogP contribution in [0.25, 0.3) is 0 Å². The lowest BCUT2D eigenvalue weighted by molar-refractivity contribution is -0.131. The molecule has 0 fully saturated rings. The van der Waals surface area contributed by atoms with Crippen molar-refractivity contribution in [2.24, 2.45) is 5.92 Å². The highest BCUT2D eigenvalue weighted by Crippen LogP contribution is 2.15. The zero-order chi connectivity index (χ0) is 29.2. The number of aromatic hydroxyl groups is 1. The van der Waals surface area contributed by atoms with Gasteiger partial charge in [-0.05, 0) is 68.5 Å². The first kappa shape index (κ1) is 31.4. The molecule has 3 atom stereocenters. The fraction of sp³-hybridized carbons (Fsp3) is 0.483. The summed E-state index contributed by atoms with van der Waals surface area (Å²) in [5.74, 6) is -0.535. The molecule has 0 radical (unpaired) electrons. The van der Waals surface area contributed by atoms with Gasteiger partial charge in [-0.2, -0.15) is 0 Å². The number of phenolic OH excluding ortho intramolecular Hbond substituents is 1. The molecule has 0 aliphatic heterocycles. The third-order valence-corrected chi connectivity index (χ3v) is 5.84. The van der Waals surface area contributed by atoms with E-state index in [1.54, 1.807) is 66.0 Å². The van der Waals surface area contributed by atoms with Gasteiger partial charge in [0.2, 0.25) is 11.8 Å². The number of amides is 3. The number of nitrogens with one attached hydrogen (secondary N) is 3. The average Bonchev–Trinajstić information content (AvgIpc) is 2.86. The van der Waals surface area contributed by atoms with Crippen molar-refractivity contribution in [3.05, 3.63) is 59.7 Å². The molecule has 0 aliphatic carbocycles. The number of aliphatic hydroxyl groups excluding tert-OH is 1. The molecule has 2 rings (SSSR count). The van der Waals surface area contributed by atoms with E-state index < -0.39 is 41.6 Å². The zero-order valence-electron chi connectivity index (χ0n) is 23.5. The normalized spacial score (nSPS) is 13.6. The molecule has 0 unspecified atom stereocenters. The second-order valence-corrected chi connectivity index (χ2v) is 10.7. The summed E-state index contributed by atoms with van der Waals surface area (Å²) in [6.07, 6.45) is -0.282. The first-order chi connectivity index (χ1) is 18.3. The number of phenols is 1. The molecule has 0 heterocycles. The Morgan fingerprint density at radius 2 is 1.41 bits per heavy atom. The summed E-state index contributed by atoms with van der Waals surface area (Å²) in [4.78, 5) is 39.1. The van der Waals surface area contributed by atoms with Crippen molar-refractivity contribution in [3.8, 4) is 11.5 Å². The molecule has 0 aromatic heterocycles. The second-order valence-electron chi connectivity index (χ2n) is 10.7. The fourth-order valence-corrected chi connectivity index (χ4v) is 3.81. The molecule has 0 aliphatic rings. The second kappa shape index (κ2) is 14.4. The SMILES string of the molecule is COc1ccc(C[C@@H](CO)NC(=O)[C@@H](NC(=O)[C@H](Cc2ccc(O)cc2)NC(=O)OC(C)(C)C)C(C)C)cc1. The fourth-order valence-electron chi connectivity index (χ4n) is 3.81. The van der Waals surface area contributed by atoms with E-state index in [0.717, 1.165) is 5.56 Å². The Bertz CT molecular complexity index is 1080. The number of carbonyl (C=O) groups excluding carboxylic acids is 3. The Kier molecular flexibility index (Phi) is 11.6. The van der Waals surface area contributed by atoms with E-state index in [2.05, 4.69) is 16.0 Å². The van der Waals surface area contributed by atoms with Crippen LogP contribution in [0, 0.1) is 5.92 Å². The van der Waals surface area contributed by atoms with E-state index in [1.165, 1.54) is 12.1 Å². The number of hydrogen-bond acceptors (Lipinski definition) is 7.